The van der Waals surface area contributed by atoms with E-state index in [9.17, 15) is 3.89 Å². The predicted octanol–water partition coefficient (Wildman–Crippen LogP) is 8.44. The highest BCUT2D eigenvalue weighted by molar-refractivity contribution is 7.98. The number of rotatable bonds is 14. The number of aliphatic imine (C=N–C) groups is 1. The lowest BCUT2D eigenvalue weighted by molar-refractivity contribution is 0.170. The molecule has 0 radical (unpaired) electrons. The lowest BCUT2D eigenvalue weighted by atomic mass is 9.98. The molecule has 5 heteroatoms. The van der Waals surface area contributed by atoms with Crippen LogP contribution in [-0.2, 0) is 11.3 Å². The van der Waals surface area contributed by atoms with Crippen molar-refractivity contribution < 1.29 is 8.62 Å². The van der Waals surface area contributed by atoms with Crippen LogP contribution in [0, 0.1) is 0 Å². The van der Waals surface area contributed by atoms with Crippen LogP contribution in [0.15, 0.2) is 81.7 Å². The fourth-order valence-corrected chi connectivity index (χ4v) is 3.90. The van der Waals surface area contributed by atoms with Crippen LogP contribution in [0.25, 0.3) is 0 Å². The normalized spacial score (nSPS) is 13.5. The van der Waals surface area contributed by atoms with Gasteiger partial charge in [-0.25, -0.2) is 0 Å². The molecule has 0 aliphatic carbocycles. The Morgan fingerprint density at radius 1 is 1.12 bits per heavy atom. The van der Waals surface area contributed by atoms with Crippen LogP contribution in [0.2, 0.25) is 0 Å². The highest BCUT2D eigenvalue weighted by Gasteiger charge is 2.18. The molecule has 0 bridgehead atoms. The Morgan fingerprint density at radius 3 is 2.28 bits per heavy atom. The highest BCUT2D eigenvalue weighted by atomic mass is 32.2. The number of hydrogen-bond acceptors (Lipinski definition) is 4. The zero-order valence-corrected chi connectivity index (χ0v) is 21.4. The van der Waals surface area contributed by atoms with Crippen molar-refractivity contribution in [3.63, 3.8) is 0 Å². The van der Waals surface area contributed by atoms with Gasteiger partial charge in [0.2, 0.25) is 0 Å². The molecule has 1 aromatic rings. The quantitative estimate of drug-likeness (QED) is 0.172. The van der Waals surface area contributed by atoms with Gasteiger partial charge in [-0.2, -0.15) is 3.89 Å². The summed E-state index contributed by atoms with van der Waals surface area (Å²) in [6.07, 6.45) is 3.21. The maximum atomic E-state index is 14.0. The summed E-state index contributed by atoms with van der Waals surface area (Å²) in [6, 6.07) is 10.2. The number of allylic oxidation sites excluding steroid dienone is 4. The minimum atomic E-state index is 0.171. The van der Waals surface area contributed by atoms with E-state index in [0.29, 0.717) is 36.0 Å². The van der Waals surface area contributed by atoms with Gasteiger partial charge in [-0.3, -0.25) is 4.99 Å². The number of hydrogen-bond donors (Lipinski definition) is 1. The first kappa shape index (κ1) is 27.8. The van der Waals surface area contributed by atoms with Crippen molar-refractivity contribution in [3.8, 4) is 0 Å². The molecule has 0 amide bonds. The van der Waals surface area contributed by atoms with Crippen molar-refractivity contribution in [2.75, 3.05) is 0 Å². The summed E-state index contributed by atoms with van der Waals surface area (Å²) in [4.78, 5) is 5.42. The third-order valence-corrected chi connectivity index (χ3v) is 5.85. The summed E-state index contributed by atoms with van der Waals surface area (Å²) in [7, 11) is 0. The van der Waals surface area contributed by atoms with E-state index in [0.717, 1.165) is 53.0 Å². The Morgan fingerprint density at radius 2 is 1.78 bits per heavy atom. The van der Waals surface area contributed by atoms with Gasteiger partial charge < -0.3 is 10.1 Å². The number of halogens is 1. The minimum absolute atomic E-state index is 0.171. The molecule has 0 aliphatic rings. The largest absolute Gasteiger partial charge is 0.475 e. The Kier molecular flexibility index (Phi) is 12.8. The molecular weight excluding hydrogens is 419 g/mol. The van der Waals surface area contributed by atoms with Crippen LogP contribution < -0.4 is 5.32 Å². The number of ether oxygens (including phenoxy) is 1. The van der Waals surface area contributed by atoms with Gasteiger partial charge in [0.15, 0.2) is 5.88 Å². The van der Waals surface area contributed by atoms with E-state index in [2.05, 4.69) is 25.4 Å². The van der Waals surface area contributed by atoms with Gasteiger partial charge in [0.1, 0.15) is 6.61 Å². The minimum Gasteiger partial charge on any atom is -0.475 e. The van der Waals surface area contributed by atoms with Crippen molar-refractivity contribution in [1.82, 2.24) is 5.32 Å². The third kappa shape index (κ3) is 9.47. The summed E-state index contributed by atoms with van der Waals surface area (Å²) in [6.45, 7) is 20.6. The van der Waals surface area contributed by atoms with Crippen LogP contribution >= 0.6 is 12.1 Å². The topological polar surface area (TPSA) is 33.6 Å². The van der Waals surface area contributed by atoms with Gasteiger partial charge in [0.05, 0.1) is 12.1 Å². The monoisotopic (exact) mass is 458 g/mol. The molecule has 0 fully saturated rings. The average Bonchev–Trinajstić information content (AvgIpc) is 2.77. The average molecular weight is 459 g/mol. The van der Waals surface area contributed by atoms with E-state index in [4.69, 9.17) is 9.73 Å². The summed E-state index contributed by atoms with van der Waals surface area (Å²) in [5, 5.41) is 3.39. The second-order valence-corrected chi connectivity index (χ2v) is 8.75. The Bertz CT molecular complexity index is 852. The molecule has 0 aromatic heterocycles. The SMILES string of the molecule is C=C(NC(CC)CC/C(N=C(C)C)=C(C(=C)C)\C(SF)=C(/C)CC)OCc1ccccc1. The van der Waals surface area contributed by atoms with Crippen LogP contribution in [0.1, 0.15) is 72.8 Å². The maximum Gasteiger partial charge on any atom is 0.179 e. The van der Waals surface area contributed by atoms with Gasteiger partial charge >= 0.3 is 0 Å². The Hall–Kier alpha value is -2.27. The molecule has 1 aromatic carbocycles. The summed E-state index contributed by atoms with van der Waals surface area (Å²) in [5.41, 5.74) is 5.57. The zero-order chi connectivity index (χ0) is 24.1. The molecule has 32 heavy (non-hydrogen) atoms. The number of benzene rings is 1. The van der Waals surface area contributed by atoms with Gasteiger partial charge in [-0.1, -0.05) is 56.3 Å². The Labute approximate surface area is 198 Å². The van der Waals surface area contributed by atoms with Crippen LogP contribution in [0.3, 0.4) is 0 Å². The molecule has 176 valence electrons. The lowest BCUT2D eigenvalue weighted by Gasteiger charge is -2.22. The van der Waals surface area contributed by atoms with Gasteiger partial charge in [0.25, 0.3) is 0 Å². The summed E-state index contributed by atoms with van der Waals surface area (Å²) >= 11 is 0.292. The van der Waals surface area contributed by atoms with E-state index in [1.165, 1.54) is 0 Å². The molecule has 0 spiro atoms. The number of nitrogens with one attached hydrogen (secondary N) is 1. The van der Waals surface area contributed by atoms with Gasteiger partial charge in [0, 0.05) is 27.9 Å². The van der Waals surface area contributed by atoms with E-state index in [1.807, 2.05) is 65.0 Å². The molecule has 0 saturated heterocycles. The first-order chi connectivity index (χ1) is 15.2. The maximum absolute atomic E-state index is 14.0. The molecule has 0 aliphatic heterocycles. The van der Waals surface area contributed by atoms with Gasteiger partial charge in [-0.15, -0.1) is 0 Å². The lowest BCUT2D eigenvalue weighted by Crippen LogP contribution is -2.28. The van der Waals surface area contributed by atoms with E-state index < -0.39 is 0 Å². The second-order valence-electron chi connectivity index (χ2n) is 8.19. The molecule has 1 atom stereocenters. The van der Waals surface area contributed by atoms with Crippen molar-refractivity contribution in [2.45, 2.75) is 79.9 Å². The zero-order valence-electron chi connectivity index (χ0n) is 20.6. The van der Waals surface area contributed by atoms with E-state index >= 15 is 0 Å². The van der Waals surface area contributed by atoms with Crippen molar-refractivity contribution in [1.29, 1.82) is 0 Å². The summed E-state index contributed by atoms with van der Waals surface area (Å²) < 4.78 is 19.8. The van der Waals surface area contributed by atoms with Crippen molar-refractivity contribution in [3.05, 3.63) is 82.3 Å². The molecule has 3 nitrogen and oxygen atoms in total. The van der Waals surface area contributed by atoms with Crippen molar-refractivity contribution in [2.24, 2.45) is 4.99 Å². The molecule has 1 N–H and O–H groups in total. The van der Waals surface area contributed by atoms with Crippen LogP contribution in [-0.4, -0.2) is 11.8 Å². The fourth-order valence-electron chi connectivity index (χ4n) is 3.26. The fraction of sp³-hybridized carbons (Fsp3) is 0.444. The van der Waals surface area contributed by atoms with Crippen LogP contribution in [0.4, 0.5) is 3.89 Å². The molecular formula is C27H39FN2OS. The highest BCUT2D eigenvalue weighted by Crippen LogP contribution is 2.37. The first-order valence-electron chi connectivity index (χ1n) is 11.2. The molecule has 1 rings (SSSR count). The van der Waals surface area contributed by atoms with Gasteiger partial charge in [-0.05, 0) is 71.1 Å². The van der Waals surface area contributed by atoms with E-state index in [1.54, 1.807) is 0 Å². The Balaban J connectivity index is 3.00. The predicted molar refractivity (Wildman–Crippen MR) is 139 cm³/mol. The standard InChI is InChI=1S/C27H39FN2OS/c1-9-21(7)27(32-28)26(19(3)4)25(29-20(5)6)17-16-24(10-2)30-22(8)31-18-23-14-12-11-13-15-23/h11-15,24,30H,3,8-10,16-18H2,1-2,4-7H3/b26-25+,27-21-. The first-order valence-corrected chi connectivity index (χ1v) is 12.0. The smallest absolute Gasteiger partial charge is 0.179 e. The molecule has 0 heterocycles. The van der Waals surface area contributed by atoms with E-state index in [-0.39, 0.29) is 6.04 Å². The molecule has 0 saturated carbocycles. The molecule has 1 unspecified atom stereocenters. The number of nitrogens with zero attached hydrogens (tertiary/aromatic N) is 1. The second kappa shape index (κ2) is 14.7. The van der Waals surface area contributed by atoms with Crippen LogP contribution in [0.5, 0.6) is 0 Å². The van der Waals surface area contributed by atoms with Crippen molar-refractivity contribution >= 4 is 17.9 Å². The summed E-state index contributed by atoms with van der Waals surface area (Å²) in [5.74, 6) is 0.559. The third-order valence-electron chi connectivity index (χ3n) is 5.14.